The molecule has 3 N–H and O–H groups in total. The van der Waals surface area contributed by atoms with Crippen molar-refractivity contribution in [3.8, 4) is 11.5 Å². The maximum Gasteiger partial charge on any atom is 0.127 e. The van der Waals surface area contributed by atoms with Gasteiger partial charge in [-0.05, 0) is 31.0 Å². The van der Waals surface area contributed by atoms with Gasteiger partial charge in [-0.3, -0.25) is 4.90 Å². The van der Waals surface area contributed by atoms with Gasteiger partial charge in [-0.2, -0.15) is 0 Å². The summed E-state index contributed by atoms with van der Waals surface area (Å²) in [5, 5.41) is 9.46. The van der Waals surface area contributed by atoms with Crippen LogP contribution in [-0.4, -0.2) is 35.7 Å². The number of fused-ring (bicyclic) bond motifs is 1. The first-order valence-electron chi connectivity index (χ1n) is 6.60. The van der Waals surface area contributed by atoms with Gasteiger partial charge in [0.25, 0.3) is 0 Å². The van der Waals surface area contributed by atoms with Gasteiger partial charge in [0, 0.05) is 24.2 Å². The summed E-state index contributed by atoms with van der Waals surface area (Å²) in [6.07, 6.45) is 1.14. The average Bonchev–Trinajstić information content (AvgIpc) is 2.75. The second kappa shape index (κ2) is 4.44. The van der Waals surface area contributed by atoms with Gasteiger partial charge in [-0.15, -0.1) is 0 Å². The maximum absolute atomic E-state index is 9.46. The van der Waals surface area contributed by atoms with Gasteiger partial charge < -0.3 is 15.6 Å². The highest BCUT2D eigenvalue weighted by Crippen LogP contribution is 2.39. The maximum atomic E-state index is 9.46. The molecule has 4 nitrogen and oxygen atoms in total. The molecule has 2 heterocycles. The van der Waals surface area contributed by atoms with Crippen molar-refractivity contribution in [2.45, 2.75) is 25.4 Å². The molecule has 98 valence electrons. The highest BCUT2D eigenvalue weighted by molar-refractivity contribution is 5.44. The summed E-state index contributed by atoms with van der Waals surface area (Å²) in [4.78, 5) is 2.41. The van der Waals surface area contributed by atoms with Crippen molar-refractivity contribution < 1.29 is 9.84 Å². The second-order valence-electron chi connectivity index (χ2n) is 5.47. The first-order valence-corrected chi connectivity index (χ1v) is 6.60. The molecular formula is C14H20N2O2. The molecule has 3 unspecified atom stereocenters. The Morgan fingerprint density at radius 3 is 3.06 bits per heavy atom. The number of hydrogen-bond donors (Lipinski definition) is 2. The van der Waals surface area contributed by atoms with Crippen LogP contribution in [0.1, 0.15) is 24.9 Å². The Hall–Kier alpha value is -1.26. The van der Waals surface area contributed by atoms with E-state index in [4.69, 9.17) is 10.5 Å². The monoisotopic (exact) mass is 248 g/mol. The van der Waals surface area contributed by atoms with Crippen molar-refractivity contribution >= 4 is 0 Å². The molecule has 0 saturated carbocycles. The van der Waals surface area contributed by atoms with Gasteiger partial charge in [0.2, 0.25) is 0 Å². The molecule has 3 atom stereocenters. The van der Waals surface area contributed by atoms with E-state index in [-0.39, 0.29) is 11.8 Å². The van der Waals surface area contributed by atoms with Gasteiger partial charge in [0.05, 0.1) is 6.04 Å². The summed E-state index contributed by atoms with van der Waals surface area (Å²) in [5.41, 5.74) is 7.33. The molecule has 1 saturated heterocycles. The number of benzene rings is 1. The largest absolute Gasteiger partial charge is 0.508 e. The zero-order valence-electron chi connectivity index (χ0n) is 10.7. The van der Waals surface area contributed by atoms with Crippen molar-refractivity contribution in [2.75, 3.05) is 19.7 Å². The lowest BCUT2D eigenvalue weighted by Gasteiger charge is -2.38. The van der Waals surface area contributed by atoms with Crippen LogP contribution in [0, 0.1) is 5.92 Å². The molecule has 0 spiro atoms. The minimum Gasteiger partial charge on any atom is -0.508 e. The summed E-state index contributed by atoms with van der Waals surface area (Å²) in [6, 6.07) is 5.93. The molecule has 3 rings (SSSR count). The molecule has 1 aromatic carbocycles. The van der Waals surface area contributed by atoms with Gasteiger partial charge in [0.15, 0.2) is 0 Å². The van der Waals surface area contributed by atoms with Crippen molar-refractivity contribution in [2.24, 2.45) is 11.7 Å². The molecule has 2 aliphatic heterocycles. The van der Waals surface area contributed by atoms with Crippen LogP contribution in [0.5, 0.6) is 11.5 Å². The number of piperidine rings is 1. The van der Waals surface area contributed by atoms with E-state index in [0.29, 0.717) is 18.6 Å². The van der Waals surface area contributed by atoms with Crippen LogP contribution < -0.4 is 10.5 Å². The van der Waals surface area contributed by atoms with Crippen LogP contribution in [0.4, 0.5) is 0 Å². The van der Waals surface area contributed by atoms with E-state index >= 15 is 0 Å². The number of ether oxygens (including phenoxy) is 1. The third kappa shape index (κ3) is 1.95. The lowest BCUT2D eigenvalue weighted by atomic mass is 9.92. The predicted octanol–water partition coefficient (Wildman–Crippen LogP) is 1.49. The number of likely N-dealkylation sites (tertiary alicyclic amines) is 1. The van der Waals surface area contributed by atoms with Crippen LogP contribution in [0.2, 0.25) is 0 Å². The fraction of sp³-hybridized carbons (Fsp3) is 0.571. The van der Waals surface area contributed by atoms with Crippen LogP contribution >= 0.6 is 0 Å². The summed E-state index contributed by atoms with van der Waals surface area (Å²) < 4.78 is 5.66. The zero-order valence-corrected chi connectivity index (χ0v) is 10.7. The fourth-order valence-electron chi connectivity index (χ4n) is 2.89. The molecule has 0 amide bonds. The third-order valence-corrected chi connectivity index (χ3v) is 4.24. The molecule has 1 fully saturated rings. The minimum atomic E-state index is 0.250. The smallest absolute Gasteiger partial charge is 0.127 e. The minimum absolute atomic E-state index is 0.250. The Labute approximate surface area is 107 Å². The van der Waals surface area contributed by atoms with Crippen LogP contribution in [0.15, 0.2) is 18.2 Å². The van der Waals surface area contributed by atoms with E-state index in [1.165, 1.54) is 5.56 Å². The number of phenols is 1. The first kappa shape index (κ1) is 11.8. The quantitative estimate of drug-likeness (QED) is 0.790. The average molecular weight is 248 g/mol. The van der Waals surface area contributed by atoms with Gasteiger partial charge in [-0.25, -0.2) is 0 Å². The van der Waals surface area contributed by atoms with Gasteiger partial charge in [-0.1, -0.05) is 6.92 Å². The molecule has 0 aliphatic carbocycles. The summed E-state index contributed by atoms with van der Waals surface area (Å²) in [6.45, 7) is 4.89. The molecule has 2 aliphatic rings. The molecular weight excluding hydrogens is 228 g/mol. The van der Waals surface area contributed by atoms with Crippen molar-refractivity contribution in [3.63, 3.8) is 0 Å². The molecule has 1 aromatic rings. The van der Waals surface area contributed by atoms with Gasteiger partial charge >= 0.3 is 0 Å². The Balaban J connectivity index is 1.80. The highest BCUT2D eigenvalue weighted by Gasteiger charge is 2.33. The van der Waals surface area contributed by atoms with E-state index in [1.807, 2.05) is 6.07 Å². The van der Waals surface area contributed by atoms with E-state index < -0.39 is 0 Å². The molecule has 0 bridgehead atoms. The summed E-state index contributed by atoms with van der Waals surface area (Å²) in [7, 11) is 0. The predicted molar refractivity (Wildman–Crippen MR) is 69.7 cm³/mol. The number of hydrogen-bond acceptors (Lipinski definition) is 4. The standard InChI is InChI=1S/C14H20N2O2/c1-9-4-5-16(7-12(9)15)13-8-18-14-6-10(17)2-3-11(13)14/h2-3,6,9,12-13,17H,4-5,7-8,15H2,1H3. The zero-order chi connectivity index (χ0) is 12.7. The van der Waals surface area contributed by atoms with Crippen molar-refractivity contribution in [1.82, 2.24) is 4.90 Å². The summed E-state index contributed by atoms with van der Waals surface area (Å²) in [5.74, 6) is 1.67. The van der Waals surface area contributed by atoms with Crippen LogP contribution in [0.3, 0.4) is 0 Å². The third-order valence-electron chi connectivity index (χ3n) is 4.24. The number of nitrogens with two attached hydrogens (primary N) is 1. The Kier molecular flexibility index (Phi) is 2.92. The Morgan fingerprint density at radius 1 is 1.44 bits per heavy atom. The Bertz CT molecular complexity index is 449. The number of rotatable bonds is 1. The van der Waals surface area contributed by atoms with Gasteiger partial charge in [0.1, 0.15) is 18.1 Å². The number of aromatic hydroxyl groups is 1. The van der Waals surface area contributed by atoms with Crippen molar-refractivity contribution in [1.29, 1.82) is 0 Å². The number of nitrogens with zero attached hydrogens (tertiary/aromatic N) is 1. The van der Waals surface area contributed by atoms with E-state index in [0.717, 1.165) is 25.3 Å². The first-order chi connectivity index (χ1) is 8.65. The highest BCUT2D eigenvalue weighted by atomic mass is 16.5. The van der Waals surface area contributed by atoms with E-state index in [2.05, 4.69) is 11.8 Å². The van der Waals surface area contributed by atoms with Crippen LogP contribution in [-0.2, 0) is 0 Å². The SMILES string of the molecule is CC1CCN(C2COc3cc(O)ccc32)CC1N. The van der Waals surface area contributed by atoms with Crippen molar-refractivity contribution in [3.05, 3.63) is 23.8 Å². The normalized spacial score (nSPS) is 32.0. The topological polar surface area (TPSA) is 58.7 Å². The molecule has 0 aromatic heterocycles. The lowest BCUT2D eigenvalue weighted by Crippen LogP contribution is -2.49. The molecule has 18 heavy (non-hydrogen) atoms. The van der Waals surface area contributed by atoms with Crippen LogP contribution in [0.25, 0.3) is 0 Å². The second-order valence-corrected chi connectivity index (χ2v) is 5.47. The fourth-order valence-corrected chi connectivity index (χ4v) is 2.89. The lowest BCUT2D eigenvalue weighted by molar-refractivity contribution is 0.104. The molecule has 4 heteroatoms. The number of phenolic OH excluding ortho intramolecular Hbond substituents is 1. The summed E-state index contributed by atoms with van der Waals surface area (Å²) >= 11 is 0. The van der Waals surface area contributed by atoms with E-state index in [1.54, 1.807) is 12.1 Å². The van der Waals surface area contributed by atoms with E-state index in [9.17, 15) is 5.11 Å². The molecule has 0 radical (unpaired) electrons. The Morgan fingerprint density at radius 2 is 2.28 bits per heavy atom.